The van der Waals surface area contributed by atoms with Crippen molar-refractivity contribution in [3.05, 3.63) is 28.5 Å². The van der Waals surface area contributed by atoms with Gasteiger partial charge in [0, 0.05) is 31.1 Å². The number of aryl methyl sites for hydroxylation is 2. The van der Waals surface area contributed by atoms with Crippen LogP contribution in [0.25, 0.3) is 0 Å². The summed E-state index contributed by atoms with van der Waals surface area (Å²) >= 11 is 1.52. The molecule has 0 aromatic carbocycles. The Balaban J connectivity index is 1.72. The number of rotatable bonds is 8. The van der Waals surface area contributed by atoms with Gasteiger partial charge in [0.15, 0.2) is 5.13 Å². The summed E-state index contributed by atoms with van der Waals surface area (Å²) in [7, 11) is 0. The Bertz CT molecular complexity index is 607. The van der Waals surface area contributed by atoms with E-state index in [4.69, 9.17) is 0 Å². The molecule has 0 atom stereocenters. The van der Waals surface area contributed by atoms with Crippen molar-refractivity contribution >= 4 is 22.4 Å². The van der Waals surface area contributed by atoms with E-state index in [-0.39, 0.29) is 5.91 Å². The molecule has 0 saturated heterocycles. The lowest BCUT2D eigenvalue weighted by atomic mass is 10.1. The van der Waals surface area contributed by atoms with Gasteiger partial charge < -0.3 is 5.32 Å². The Hall–Kier alpha value is -1.73. The van der Waals surface area contributed by atoms with Gasteiger partial charge in [-0.1, -0.05) is 0 Å². The second-order valence-electron chi connectivity index (χ2n) is 5.19. The highest BCUT2D eigenvalue weighted by Gasteiger charge is 2.13. The van der Waals surface area contributed by atoms with Gasteiger partial charge in [0.25, 0.3) is 0 Å². The Morgan fingerprint density at radius 3 is 2.95 bits per heavy atom. The maximum Gasteiger partial charge on any atom is 0.225 e. The first kappa shape index (κ1) is 16.6. The predicted octanol–water partition coefficient (Wildman–Crippen LogP) is 2.27. The molecule has 0 spiro atoms. The van der Waals surface area contributed by atoms with Crippen LogP contribution in [0, 0.1) is 6.92 Å². The van der Waals surface area contributed by atoms with Crippen molar-refractivity contribution in [3.8, 4) is 0 Å². The summed E-state index contributed by atoms with van der Waals surface area (Å²) in [6, 6.07) is 0. The van der Waals surface area contributed by atoms with E-state index in [0.717, 1.165) is 42.5 Å². The number of nitrogens with zero attached hydrogens (tertiary/aromatic N) is 3. The molecule has 2 rings (SSSR count). The molecule has 0 bridgehead atoms. The zero-order valence-electron chi connectivity index (χ0n) is 13.3. The fourth-order valence-electron chi connectivity index (χ4n) is 2.24. The van der Waals surface area contributed by atoms with Gasteiger partial charge in [-0.15, -0.1) is 11.3 Å². The third-order valence-corrected chi connectivity index (χ3v) is 4.42. The van der Waals surface area contributed by atoms with Crippen LogP contribution in [0.2, 0.25) is 0 Å². The van der Waals surface area contributed by atoms with Crippen molar-refractivity contribution in [1.82, 2.24) is 20.5 Å². The molecule has 0 aliphatic carbocycles. The number of nitrogens with one attached hydrogen (secondary N) is 2. The summed E-state index contributed by atoms with van der Waals surface area (Å²) < 4.78 is 0. The minimum Gasteiger partial charge on any atom is -0.311 e. The number of anilines is 1. The zero-order chi connectivity index (χ0) is 15.9. The highest BCUT2D eigenvalue weighted by atomic mass is 32.1. The molecule has 22 heavy (non-hydrogen) atoms. The number of aromatic nitrogens is 3. The molecule has 6 nitrogen and oxygen atoms in total. The van der Waals surface area contributed by atoms with Crippen LogP contribution in [0.15, 0.2) is 11.6 Å². The standard InChI is InChI=1S/C15H23N5OS/c1-4-20(12(3)21)15-18-14(10-22-15)9-16-7-5-6-13-8-17-19-11(13)2/h8,10,16H,4-7,9H2,1-3H3,(H,17,19). The monoisotopic (exact) mass is 321 g/mol. The highest BCUT2D eigenvalue weighted by molar-refractivity contribution is 7.14. The third kappa shape index (κ3) is 4.38. The average Bonchev–Trinajstić information content (AvgIpc) is 3.09. The fraction of sp³-hybridized carbons (Fsp3) is 0.533. The second-order valence-corrected chi connectivity index (χ2v) is 6.02. The van der Waals surface area contributed by atoms with E-state index in [1.807, 2.05) is 25.4 Å². The summed E-state index contributed by atoms with van der Waals surface area (Å²) in [5, 5.41) is 13.2. The SMILES string of the molecule is CCN(C(C)=O)c1nc(CNCCCc2cn[nH]c2C)cs1. The third-order valence-electron chi connectivity index (χ3n) is 3.51. The molecule has 0 saturated carbocycles. The van der Waals surface area contributed by atoms with Crippen LogP contribution in [-0.2, 0) is 17.8 Å². The number of amides is 1. The number of H-pyrrole nitrogens is 1. The minimum absolute atomic E-state index is 0.0341. The maximum atomic E-state index is 11.5. The molecular weight excluding hydrogens is 298 g/mol. The van der Waals surface area contributed by atoms with E-state index in [2.05, 4.69) is 20.5 Å². The van der Waals surface area contributed by atoms with Gasteiger partial charge in [0.2, 0.25) is 5.91 Å². The van der Waals surface area contributed by atoms with Crippen LogP contribution in [0.3, 0.4) is 0 Å². The van der Waals surface area contributed by atoms with Gasteiger partial charge >= 0.3 is 0 Å². The van der Waals surface area contributed by atoms with Crippen LogP contribution in [-0.4, -0.2) is 34.2 Å². The van der Waals surface area contributed by atoms with Gasteiger partial charge in [0.1, 0.15) is 0 Å². The summed E-state index contributed by atoms with van der Waals surface area (Å²) in [6.07, 6.45) is 3.97. The first-order valence-electron chi connectivity index (χ1n) is 7.54. The number of carbonyl (C=O) groups is 1. The number of carbonyl (C=O) groups excluding carboxylic acids is 1. The maximum absolute atomic E-state index is 11.5. The van der Waals surface area contributed by atoms with Gasteiger partial charge in [0.05, 0.1) is 11.9 Å². The van der Waals surface area contributed by atoms with E-state index in [1.165, 1.54) is 16.9 Å². The smallest absolute Gasteiger partial charge is 0.225 e. The van der Waals surface area contributed by atoms with Gasteiger partial charge in [-0.3, -0.25) is 14.8 Å². The molecule has 1 amide bonds. The Labute approximate surface area is 135 Å². The van der Waals surface area contributed by atoms with Crippen LogP contribution >= 0.6 is 11.3 Å². The number of thiazole rings is 1. The molecule has 7 heteroatoms. The predicted molar refractivity (Wildman–Crippen MR) is 89.2 cm³/mol. The first-order valence-corrected chi connectivity index (χ1v) is 8.41. The zero-order valence-corrected chi connectivity index (χ0v) is 14.2. The van der Waals surface area contributed by atoms with Crippen molar-refractivity contribution in [2.24, 2.45) is 0 Å². The Morgan fingerprint density at radius 1 is 1.50 bits per heavy atom. The molecule has 0 radical (unpaired) electrons. The molecule has 120 valence electrons. The van der Waals surface area contributed by atoms with Crippen LogP contribution < -0.4 is 10.2 Å². The van der Waals surface area contributed by atoms with E-state index < -0.39 is 0 Å². The summed E-state index contributed by atoms with van der Waals surface area (Å²) in [5.41, 5.74) is 3.41. The van der Waals surface area contributed by atoms with Crippen molar-refractivity contribution < 1.29 is 4.79 Å². The molecule has 2 heterocycles. The number of hydrogen-bond acceptors (Lipinski definition) is 5. The number of aromatic amines is 1. The van der Waals surface area contributed by atoms with E-state index in [1.54, 1.807) is 11.8 Å². The fourth-order valence-corrected chi connectivity index (χ4v) is 3.17. The molecule has 0 aliphatic heterocycles. The average molecular weight is 321 g/mol. The molecule has 0 aliphatic rings. The lowest BCUT2D eigenvalue weighted by molar-refractivity contribution is -0.116. The van der Waals surface area contributed by atoms with Crippen molar-refractivity contribution in [2.75, 3.05) is 18.0 Å². The molecular formula is C15H23N5OS. The highest BCUT2D eigenvalue weighted by Crippen LogP contribution is 2.20. The molecule has 2 aromatic heterocycles. The second kappa shape index (κ2) is 8.05. The van der Waals surface area contributed by atoms with Gasteiger partial charge in [-0.2, -0.15) is 5.10 Å². The van der Waals surface area contributed by atoms with E-state index >= 15 is 0 Å². The lowest BCUT2D eigenvalue weighted by Crippen LogP contribution is -2.27. The summed E-state index contributed by atoms with van der Waals surface area (Å²) in [5.74, 6) is 0.0341. The minimum atomic E-state index is 0.0341. The topological polar surface area (TPSA) is 73.9 Å². The first-order chi connectivity index (χ1) is 10.6. The molecule has 2 aromatic rings. The summed E-state index contributed by atoms with van der Waals surface area (Å²) in [6.45, 7) is 7.89. The van der Waals surface area contributed by atoms with Crippen molar-refractivity contribution in [2.45, 2.75) is 40.2 Å². The summed E-state index contributed by atoms with van der Waals surface area (Å²) in [4.78, 5) is 17.7. The van der Waals surface area contributed by atoms with Crippen LogP contribution in [0.4, 0.5) is 5.13 Å². The van der Waals surface area contributed by atoms with Crippen LogP contribution in [0.1, 0.15) is 37.2 Å². The molecule has 0 unspecified atom stereocenters. The normalized spacial score (nSPS) is 10.9. The Morgan fingerprint density at radius 2 is 2.32 bits per heavy atom. The quantitative estimate of drug-likeness (QED) is 0.732. The van der Waals surface area contributed by atoms with Gasteiger partial charge in [-0.25, -0.2) is 4.98 Å². The van der Waals surface area contributed by atoms with Crippen LogP contribution in [0.5, 0.6) is 0 Å². The van der Waals surface area contributed by atoms with E-state index in [0.29, 0.717) is 6.54 Å². The Kier molecular flexibility index (Phi) is 6.09. The van der Waals surface area contributed by atoms with Gasteiger partial charge in [-0.05, 0) is 38.8 Å². The van der Waals surface area contributed by atoms with Crippen molar-refractivity contribution in [1.29, 1.82) is 0 Å². The lowest BCUT2D eigenvalue weighted by Gasteiger charge is -2.14. The largest absolute Gasteiger partial charge is 0.311 e. The molecule has 2 N–H and O–H groups in total. The number of hydrogen-bond donors (Lipinski definition) is 2. The van der Waals surface area contributed by atoms with E-state index in [9.17, 15) is 4.79 Å². The van der Waals surface area contributed by atoms with Crippen molar-refractivity contribution in [3.63, 3.8) is 0 Å². The molecule has 0 fully saturated rings.